The fourth-order valence-corrected chi connectivity index (χ4v) is 2.71. The summed E-state index contributed by atoms with van der Waals surface area (Å²) in [6, 6.07) is 3.46. The van der Waals surface area contributed by atoms with Crippen LogP contribution in [0.25, 0.3) is 0 Å². The Morgan fingerprint density at radius 3 is 2.42 bits per heavy atom. The molecule has 24 heavy (non-hydrogen) atoms. The van der Waals surface area contributed by atoms with E-state index in [-0.39, 0.29) is 13.2 Å². The van der Waals surface area contributed by atoms with Gasteiger partial charge < -0.3 is 14.8 Å². The van der Waals surface area contributed by atoms with Gasteiger partial charge in [-0.25, -0.2) is 9.59 Å². The molecule has 1 saturated heterocycles. The van der Waals surface area contributed by atoms with E-state index in [1.165, 1.54) is 6.92 Å². The van der Waals surface area contributed by atoms with Crippen molar-refractivity contribution in [2.24, 2.45) is 0 Å². The third kappa shape index (κ3) is 4.04. The van der Waals surface area contributed by atoms with Crippen molar-refractivity contribution in [3.05, 3.63) is 28.8 Å². The molecule has 0 unspecified atom stereocenters. The van der Waals surface area contributed by atoms with Crippen molar-refractivity contribution in [3.63, 3.8) is 0 Å². The predicted molar refractivity (Wildman–Crippen MR) is 86.8 cm³/mol. The lowest BCUT2D eigenvalue weighted by Gasteiger charge is -2.18. The van der Waals surface area contributed by atoms with Crippen molar-refractivity contribution < 1.29 is 23.9 Å². The summed E-state index contributed by atoms with van der Waals surface area (Å²) in [5.74, 6) is -0.564. The van der Waals surface area contributed by atoms with E-state index in [4.69, 9.17) is 9.47 Å². The second-order valence-corrected chi connectivity index (χ2v) is 5.87. The van der Waals surface area contributed by atoms with Gasteiger partial charge in [-0.15, -0.1) is 0 Å². The first-order valence-corrected chi connectivity index (χ1v) is 7.79. The van der Waals surface area contributed by atoms with Crippen LogP contribution in [0.5, 0.6) is 5.75 Å². The highest BCUT2D eigenvalue weighted by Crippen LogP contribution is 2.24. The number of aryl methyl sites for hydroxylation is 3. The topological polar surface area (TPSA) is 84.9 Å². The van der Waals surface area contributed by atoms with E-state index < -0.39 is 24.0 Å². The molecular formula is C17H22N2O5. The first-order chi connectivity index (χ1) is 11.3. The smallest absolute Gasteiger partial charge is 0.344 e. The highest BCUT2D eigenvalue weighted by atomic mass is 16.6. The molecule has 1 N–H and O–H groups in total. The van der Waals surface area contributed by atoms with Crippen molar-refractivity contribution in [1.29, 1.82) is 0 Å². The molecule has 1 atom stereocenters. The van der Waals surface area contributed by atoms with Crippen LogP contribution >= 0.6 is 0 Å². The Balaban J connectivity index is 1.89. The molecule has 3 amide bonds. The average molecular weight is 334 g/mol. The van der Waals surface area contributed by atoms with E-state index in [9.17, 15) is 14.4 Å². The van der Waals surface area contributed by atoms with E-state index >= 15 is 0 Å². The SMILES string of the molecule is Cc1cc(C)c(OCC(=O)O[C@H](C)C(=O)N2CCNC2=O)c(C)c1. The fourth-order valence-electron chi connectivity index (χ4n) is 2.71. The average Bonchev–Trinajstić information content (AvgIpc) is 2.91. The van der Waals surface area contributed by atoms with Gasteiger partial charge in [-0.05, 0) is 38.8 Å². The van der Waals surface area contributed by atoms with Crippen molar-refractivity contribution in [2.75, 3.05) is 19.7 Å². The zero-order chi connectivity index (χ0) is 17.9. The summed E-state index contributed by atoms with van der Waals surface area (Å²) in [7, 11) is 0. The lowest BCUT2D eigenvalue weighted by molar-refractivity contribution is -0.159. The van der Waals surface area contributed by atoms with E-state index in [0.29, 0.717) is 12.3 Å². The number of urea groups is 1. The Bertz CT molecular complexity index is 648. The maximum absolute atomic E-state index is 12.1. The van der Waals surface area contributed by atoms with E-state index in [1.54, 1.807) is 0 Å². The number of hydrogen-bond acceptors (Lipinski definition) is 5. The van der Waals surface area contributed by atoms with Crippen molar-refractivity contribution >= 4 is 17.9 Å². The highest BCUT2D eigenvalue weighted by molar-refractivity contribution is 5.98. The maximum atomic E-state index is 12.1. The predicted octanol–water partition coefficient (Wildman–Crippen LogP) is 1.47. The Morgan fingerprint density at radius 1 is 1.25 bits per heavy atom. The molecule has 2 rings (SSSR count). The number of imide groups is 1. The summed E-state index contributed by atoms with van der Waals surface area (Å²) in [6.45, 7) is 7.61. The summed E-state index contributed by atoms with van der Waals surface area (Å²) < 4.78 is 10.6. The van der Waals surface area contributed by atoms with Crippen LogP contribution in [-0.4, -0.2) is 48.6 Å². The normalized spacial score (nSPS) is 15.0. The number of ether oxygens (including phenoxy) is 2. The lowest BCUT2D eigenvalue weighted by atomic mass is 10.1. The number of carbonyl (C=O) groups excluding carboxylic acids is 3. The Morgan fingerprint density at radius 2 is 1.88 bits per heavy atom. The zero-order valence-corrected chi connectivity index (χ0v) is 14.3. The standard InChI is InChI=1S/C17H22N2O5/c1-10-7-11(2)15(12(3)8-10)23-9-14(20)24-13(4)16(21)19-6-5-18-17(19)22/h7-8,13H,5-6,9H2,1-4H3,(H,18,22)/t13-/m1/s1. The van der Waals surface area contributed by atoms with Crippen LogP contribution < -0.4 is 10.1 Å². The molecule has 1 aromatic carbocycles. The van der Waals surface area contributed by atoms with Gasteiger partial charge in [0.25, 0.3) is 5.91 Å². The Labute approximate surface area is 140 Å². The number of nitrogens with one attached hydrogen (secondary N) is 1. The van der Waals surface area contributed by atoms with Gasteiger partial charge in [-0.1, -0.05) is 17.7 Å². The molecule has 1 fully saturated rings. The second kappa shape index (κ2) is 7.33. The van der Waals surface area contributed by atoms with Crippen molar-refractivity contribution in [2.45, 2.75) is 33.8 Å². The minimum Gasteiger partial charge on any atom is -0.481 e. The van der Waals surface area contributed by atoms with Crippen LogP contribution in [0.15, 0.2) is 12.1 Å². The van der Waals surface area contributed by atoms with Crippen LogP contribution in [0.2, 0.25) is 0 Å². The van der Waals surface area contributed by atoms with Gasteiger partial charge in [-0.2, -0.15) is 0 Å². The van der Waals surface area contributed by atoms with E-state index in [1.807, 2.05) is 32.9 Å². The molecule has 1 aliphatic heterocycles. The molecule has 130 valence electrons. The molecule has 0 bridgehead atoms. The van der Waals surface area contributed by atoms with Gasteiger partial charge in [0.1, 0.15) is 5.75 Å². The summed E-state index contributed by atoms with van der Waals surface area (Å²) in [4.78, 5) is 36.4. The number of amides is 3. The molecule has 0 radical (unpaired) electrons. The van der Waals surface area contributed by atoms with Crippen LogP contribution in [0.4, 0.5) is 4.79 Å². The number of hydrogen-bond donors (Lipinski definition) is 1. The third-order valence-corrected chi connectivity index (χ3v) is 3.72. The van der Waals surface area contributed by atoms with Gasteiger partial charge in [-0.3, -0.25) is 9.69 Å². The lowest BCUT2D eigenvalue weighted by Crippen LogP contribution is -2.42. The van der Waals surface area contributed by atoms with Gasteiger partial charge in [0.05, 0.1) is 0 Å². The molecular weight excluding hydrogens is 312 g/mol. The molecule has 1 heterocycles. The molecule has 0 saturated carbocycles. The summed E-state index contributed by atoms with van der Waals surface area (Å²) in [5, 5.41) is 2.52. The molecule has 0 aromatic heterocycles. The first-order valence-electron chi connectivity index (χ1n) is 7.79. The molecule has 1 aliphatic rings. The Kier molecular flexibility index (Phi) is 5.43. The number of nitrogens with zero attached hydrogens (tertiary/aromatic N) is 1. The molecule has 0 aliphatic carbocycles. The largest absolute Gasteiger partial charge is 0.481 e. The van der Waals surface area contributed by atoms with Gasteiger partial charge in [0.15, 0.2) is 12.7 Å². The Hall–Kier alpha value is -2.57. The van der Waals surface area contributed by atoms with Crippen molar-refractivity contribution in [3.8, 4) is 5.75 Å². The van der Waals surface area contributed by atoms with Gasteiger partial charge in [0, 0.05) is 13.1 Å². The molecule has 7 heteroatoms. The number of carbonyl (C=O) groups is 3. The van der Waals surface area contributed by atoms with Crippen LogP contribution in [0.1, 0.15) is 23.6 Å². The monoisotopic (exact) mass is 334 g/mol. The highest BCUT2D eigenvalue weighted by Gasteiger charge is 2.31. The molecule has 1 aromatic rings. The minimum absolute atomic E-state index is 0.276. The minimum atomic E-state index is -1.04. The number of benzene rings is 1. The molecule has 0 spiro atoms. The van der Waals surface area contributed by atoms with E-state index in [0.717, 1.165) is 21.6 Å². The van der Waals surface area contributed by atoms with Gasteiger partial charge >= 0.3 is 12.0 Å². The number of rotatable bonds is 5. The van der Waals surface area contributed by atoms with Crippen LogP contribution in [0, 0.1) is 20.8 Å². The van der Waals surface area contributed by atoms with Gasteiger partial charge in [0.2, 0.25) is 0 Å². The summed E-state index contributed by atoms with van der Waals surface area (Å²) in [5.41, 5.74) is 2.97. The van der Waals surface area contributed by atoms with Crippen molar-refractivity contribution in [1.82, 2.24) is 10.2 Å². The summed E-state index contributed by atoms with van der Waals surface area (Å²) >= 11 is 0. The zero-order valence-electron chi connectivity index (χ0n) is 14.3. The summed E-state index contributed by atoms with van der Waals surface area (Å²) in [6.07, 6.45) is -1.04. The quantitative estimate of drug-likeness (QED) is 0.824. The second-order valence-electron chi connectivity index (χ2n) is 5.87. The molecule has 7 nitrogen and oxygen atoms in total. The fraction of sp³-hybridized carbons (Fsp3) is 0.471. The third-order valence-electron chi connectivity index (χ3n) is 3.72. The maximum Gasteiger partial charge on any atom is 0.344 e. The number of esters is 1. The first kappa shape index (κ1) is 17.8. The van der Waals surface area contributed by atoms with Crippen LogP contribution in [-0.2, 0) is 14.3 Å². The van der Waals surface area contributed by atoms with Crippen LogP contribution in [0.3, 0.4) is 0 Å². The van der Waals surface area contributed by atoms with E-state index in [2.05, 4.69) is 5.32 Å².